The minimum Gasteiger partial charge on any atom is -0.792 e. The second kappa shape index (κ2) is 20.1. The molecule has 0 radical (unpaired) electrons. The molecule has 3 aromatic heterocycles. The van der Waals surface area contributed by atoms with Gasteiger partial charge in [-0.1, -0.05) is 109 Å². The first-order chi connectivity index (χ1) is 27.5. The number of rotatable bonds is 12. The van der Waals surface area contributed by atoms with E-state index in [0.29, 0.717) is 76.0 Å². The van der Waals surface area contributed by atoms with E-state index >= 15 is 0 Å². The van der Waals surface area contributed by atoms with Gasteiger partial charge in [0, 0.05) is 74.8 Å². The van der Waals surface area contributed by atoms with Crippen molar-refractivity contribution in [2.45, 2.75) is 19.6 Å². The van der Waals surface area contributed by atoms with E-state index in [2.05, 4.69) is 29.7 Å². The van der Waals surface area contributed by atoms with Crippen LogP contribution in [0.2, 0.25) is 0 Å². The van der Waals surface area contributed by atoms with Gasteiger partial charge in [-0.15, -0.1) is 0 Å². The molecule has 7 rings (SSSR count). The van der Waals surface area contributed by atoms with Crippen molar-refractivity contribution in [3.05, 3.63) is 163 Å². The van der Waals surface area contributed by atoms with E-state index in [1.807, 2.05) is 18.2 Å². The van der Waals surface area contributed by atoms with E-state index in [1.165, 1.54) is 18.2 Å². The zero-order valence-corrected chi connectivity index (χ0v) is 36.7. The molecule has 12 nitrogen and oxygen atoms in total. The van der Waals surface area contributed by atoms with Gasteiger partial charge in [0.05, 0.1) is 55.5 Å². The summed E-state index contributed by atoms with van der Waals surface area (Å²) in [5.74, 6) is 0. The third-order valence-corrected chi connectivity index (χ3v) is 15.4. The third kappa shape index (κ3) is 11.1. The van der Waals surface area contributed by atoms with Crippen molar-refractivity contribution in [3.8, 4) is 0 Å². The number of pyridine rings is 3. The molecule has 3 unspecified atom stereocenters. The van der Waals surface area contributed by atoms with Crippen LogP contribution in [0, 0.1) is 49.4 Å². The second-order valence-corrected chi connectivity index (χ2v) is 20.2. The van der Waals surface area contributed by atoms with Crippen molar-refractivity contribution in [1.82, 2.24) is 29.7 Å². The summed E-state index contributed by atoms with van der Waals surface area (Å²) in [6.45, 7) is 4.84. The van der Waals surface area contributed by atoms with E-state index in [1.54, 1.807) is 109 Å². The van der Waals surface area contributed by atoms with Gasteiger partial charge in [-0.2, -0.15) is 0 Å². The maximum Gasteiger partial charge on any atom is 3.00 e. The Labute approximate surface area is 379 Å². The van der Waals surface area contributed by atoms with Crippen LogP contribution in [0.4, 0.5) is 0 Å². The molecule has 298 valence electrons. The van der Waals surface area contributed by atoms with Crippen LogP contribution in [0.5, 0.6) is 0 Å². The fourth-order valence-corrected chi connectivity index (χ4v) is 10.9. The normalized spacial score (nSPS) is 17.6. The fraction of sp³-hybridized carbons (Fsp3) is 0.214. The van der Waals surface area contributed by atoms with Crippen molar-refractivity contribution in [2.24, 2.45) is 0 Å². The van der Waals surface area contributed by atoms with Crippen molar-refractivity contribution in [3.63, 3.8) is 0 Å². The monoisotopic (exact) mass is 972 g/mol. The predicted octanol–water partition coefficient (Wildman–Crippen LogP) is 1.46. The van der Waals surface area contributed by atoms with E-state index in [4.69, 9.17) is 0 Å². The van der Waals surface area contributed by atoms with Crippen molar-refractivity contribution >= 4 is 54.3 Å². The molecule has 58 heavy (non-hydrogen) atoms. The Kier molecular flexibility index (Phi) is 15.5. The Bertz CT molecular complexity index is 2150. The number of aromatic nitrogens is 3. The van der Waals surface area contributed by atoms with Crippen LogP contribution in [0.15, 0.2) is 146 Å². The molecule has 1 saturated heterocycles. The van der Waals surface area contributed by atoms with Crippen LogP contribution in [0.1, 0.15) is 17.1 Å². The topological polar surface area (TPSA) is 169 Å². The summed E-state index contributed by atoms with van der Waals surface area (Å²) in [7, 11) is -12.5. The molecule has 0 spiro atoms. The van der Waals surface area contributed by atoms with E-state index in [0.717, 1.165) is 0 Å². The van der Waals surface area contributed by atoms with Crippen LogP contribution in [-0.4, -0.2) is 68.9 Å². The summed E-state index contributed by atoms with van der Waals surface area (Å²) >= 11 is 0. The van der Waals surface area contributed by atoms with Crippen molar-refractivity contribution in [1.29, 1.82) is 0 Å². The van der Waals surface area contributed by atoms with Gasteiger partial charge in [0.1, 0.15) is 0 Å². The first-order valence-corrected chi connectivity index (χ1v) is 23.5. The molecule has 4 heterocycles. The smallest absolute Gasteiger partial charge is 0.792 e. The first-order valence-electron chi connectivity index (χ1n) is 18.6. The minimum absolute atomic E-state index is 0. The van der Waals surface area contributed by atoms with Gasteiger partial charge in [0.15, 0.2) is 0 Å². The van der Waals surface area contributed by atoms with Crippen LogP contribution in [-0.2, 0) is 33.3 Å². The molecule has 6 aromatic rings. The molecule has 0 N–H and O–H groups in total. The average molecular weight is 972 g/mol. The standard InChI is InChI=1S/C42H45N6O6P3.Eu/c49-55(50,37-16-4-1-5-17-37)40-22-10-13-34(43-40)31-46-25-27-47(32-35-14-11-23-41(44-35)56(51,52)38-18-6-2-7-19-38)29-30-48(28-26-46)33-36-15-12-24-42(45-36)57(53,54)39-20-8-3-9-21-39;/h1-24H,25-33H2,(H,49,50)(H,51,52)(H,53,54);/q;+3/p-3. The van der Waals surface area contributed by atoms with E-state index in [9.17, 15) is 28.4 Å². The molecule has 0 amide bonds. The molecule has 0 bridgehead atoms. The predicted molar refractivity (Wildman–Crippen MR) is 218 cm³/mol. The van der Waals surface area contributed by atoms with Crippen LogP contribution >= 0.6 is 22.1 Å². The van der Waals surface area contributed by atoms with Crippen molar-refractivity contribution < 1.29 is 77.8 Å². The zero-order valence-electron chi connectivity index (χ0n) is 31.6. The number of benzene rings is 3. The van der Waals surface area contributed by atoms with Gasteiger partial charge in [-0.25, -0.2) is 15.0 Å². The molecule has 1 fully saturated rings. The molecular weight excluding hydrogens is 929 g/mol. The SMILES string of the molecule is O=P([O-])(c1ccccc1)c1cccc(CN2CCN(Cc3cccc(P(=O)([O-])c4ccccc4)n3)CCN(Cc3cccc(P(=O)([O-])c4ccccc4)n3)CC2)n1.[Eu+3]. The van der Waals surface area contributed by atoms with Crippen molar-refractivity contribution in [2.75, 3.05) is 39.3 Å². The van der Waals surface area contributed by atoms with Crippen LogP contribution < -0.4 is 46.9 Å². The van der Waals surface area contributed by atoms with Crippen LogP contribution in [0.3, 0.4) is 0 Å². The average Bonchev–Trinajstić information content (AvgIpc) is 3.33. The maximum absolute atomic E-state index is 13.4. The third-order valence-electron chi connectivity index (χ3n) is 9.92. The number of hydrogen-bond acceptors (Lipinski definition) is 12. The van der Waals surface area contributed by atoms with E-state index in [-0.39, 0.29) is 81.6 Å². The van der Waals surface area contributed by atoms with Gasteiger partial charge >= 0.3 is 49.4 Å². The first kappa shape index (κ1) is 44.7. The van der Waals surface area contributed by atoms with Crippen LogP contribution in [0.25, 0.3) is 0 Å². The summed E-state index contributed by atoms with van der Waals surface area (Å²) in [5.41, 5.74) is 1.85. The maximum atomic E-state index is 13.4. The number of hydrogen-bond donors (Lipinski definition) is 0. The molecular formula is C42H42EuN6O6P3. The Hall–Kier alpha value is -2.86. The minimum atomic E-state index is -4.16. The quantitative estimate of drug-likeness (QED) is 0.162. The molecule has 0 aliphatic carbocycles. The zero-order chi connectivity index (χ0) is 39.9. The Morgan fingerprint density at radius 2 is 0.621 bits per heavy atom. The second-order valence-electron chi connectivity index (χ2n) is 14.0. The molecule has 1 aliphatic rings. The van der Waals surface area contributed by atoms with Gasteiger partial charge in [0.2, 0.25) is 0 Å². The molecule has 16 heteroatoms. The molecule has 1 aliphatic heterocycles. The Morgan fingerprint density at radius 1 is 0.379 bits per heavy atom. The largest absolute Gasteiger partial charge is 3.00 e. The summed E-state index contributed by atoms with van der Waals surface area (Å²) in [4.78, 5) is 60.8. The van der Waals surface area contributed by atoms with E-state index < -0.39 is 22.1 Å². The van der Waals surface area contributed by atoms with Gasteiger partial charge in [-0.05, 0) is 36.4 Å². The fourth-order valence-electron chi connectivity index (χ4n) is 6.77. The summed E-state index contributed by atoms with van der Waals surface area (Å²) < 4.78 is 40.3. The molecule has 0 saturated carbocycles. The Balaban J connectivity index is 0.00000567. The summed E-state index contributed by atoms with van der Waals surface area (Å²) in [6, 6.07) is 40.0. The number of nitrogens with zero attached hydrogens (tertiary/aromatic N) is 6. The summed E-state index contributed by atoms with van der Waals surface area (Å²) in [6.07, 6.45) is 0. The molecule has 3 aromatic carbocycles. The van der Waals surface area contributed by atoms with Gasteiger partial charge in [-0.3, -0.25) is 14.7 Å². The summed E-state index contributed by atoms with van der Waals surface area (Å²) in [5, 5.41) is 0.606. The van der Waals surface area contributed by atoms with Gasteiger partial charge < -0.3 is 28.4 Å². The van der Waals surface area contributed by atoms with Gasteiger partial charge in [0.25, 0.3) is 0 Å². The molecule has 3 atom stereocenters. The Morgan fingerprint density at radius 3 is 0.862 bits per heavy atom.